The number of ether oxygens (including phenoxy) is 3. The molecule has 10 fully saturated rings. The molecule has 10 heteroatoms. The summed E-state index contributed by atoms with van der Waals surface area (Å²) in [7, 11) is 3.52. The Hall–Kier alpha value is -4.64. The van der Waals surface area contributed by atoms with E-state index in [0.717, 1.165) is 71.3 Å². The molecular formula is C74H85BrCuN4O4. The average Bonchev–Trinajstić information content (AvgIpc) is 1.41. The van der Waals surface area contributed by atoms with E-state index < -0.39 is 0 Å². The van der Waals surface area contributed by atoms with Crippen molar-refractivity contribution in [2.24, 2.45) is 46.3 Å². The second-order valence-electron chi connectivity index (χ2n) is 28.1. The van der Waals surface area contributed by atoms with E-state index in [4.69, 9.17) is 14.2 Å². The molecule has 4 saturated heterocycles. The molecule has 6 saturated carbocycles. The summed E-state index contributed by atoms with van der Waals surface area (Å²) < 4.78 is 19.8. The van der Waals surface area contributed by atoms with Gasteiger partial charge >= 0.3 is 0 Å². The molecule has 84 heavy (non-hydrogen) atoms. The van der Waals surface area contributed by atoms with Gasteiger partial charge in [0, 0.05) is 107 Å². The van der Waals surface area contributed by atoms with Crippen LogP contribution in [-0.2, 0) is 53.8 Å². The monoisotopic (exact) mass is 1240 g/mol. The van der Waals surface area contributed by atoms with E-state index in [1.54, 1.807) is 7.11 Å². The molecule has 12 unspecified atom stereocenters. The van der Waals surface area contributed by atoms with Gasteiger partial charge in [-0.05, 0) is 208 Å². The number of methoxy groups -OCH3 is 2. The Balaban J connectivity index is 0.000000128. The molecule has 6 aromatic rings. The molecule has 443 valence electrons. The van der Waals surface area contributed by atoms with Gasteiger partial charge in [0.2, 0.25) is 0 Å². The van der Waals surface area contributed by atoms with Gasteiger partial charge in [-0.25, -0.2) is 0 Å². The zero-order valence-electron chi connectivity index (χ0n) is 49.3. The molecule has 0 spiro atoms. The molecule has 0 amide bonds. The molecule has 0 aromatic heterocycles. The van der Waals surface area contributed by atoms with Gasteiger partial charge in [-0.1, -0.05) is 125 Å². The van der Waals surface area contributed by atoms with E-state index in [0.29, 0.717) is 58.3 Å². The zero-order valence-corrected chi connectivity index (χ0v) is 51.9. The molecular weight excluding hydrogens is 1150 g/mol. The van der Waals surface area contributed by atoms with Crippen LogP contribution in [-0.4, -0.2) is 102 Å². The fraction of sp³-hybridized carbons (Fsp3) is 0.514. The summed E-state index contributed by atoms with van der Waals surface area (Å²) in [5.41, 5.74) is 9.59. The normalized spacial score (nSPS) is 34.3. The first-order valence-corrected chi connectivity index (χ1v) is 33.1. The van der Waals surface area contributed by atoms with E-state index in [-0.39, 0.29) is 27.9 Å². The van der Waals surface area contributed by atoms with Crippen LogP contribution in [0.4, 0.5) is 0 Å². The fourth-order valence-corrected chi connectivity index (χ4v) is 22.0. The molecule has 4 aliphatic heterocycles. The summed E-state index contributed by atoms with van der Waals surface area (Å²) in [6.45, 7) is 9.68. The van der Waals surface area contributed by atoms with E-state index in [1.807, 2.05) is 43.5 Å². The van der Waals surface area contributed by atoms with Crippen LogP contribution in [0.25, 0.3) is 0 Å². The van der Waals surface area contributed by atoms with Crippen molar-refractivity contribution in [2.75, 3.05) is 53.5 Å². The minimum atomic E-state index is 0. The minimum absolute atomic E-state index is 0. The zero-order chi connectivity index (χ0) is 55.7. The van der Waals surface area contributed by atoms with Crippen molar-refractivity contribution in [3.63, 3.8) is 0 Å². The standard InChI is InChI=1S/C37H42N2O2.C31H38N2O2.C6H5Br.Cu/c1-40-31-15-14-27-20-32-36-17-16-30-33(28(21-36)24-39(30)23-25-8-4-2-5-9-25)37(36,18-19-38(32)22-26-12-13-26)34(27)35(31)41-29-10-6-3-7-11-29;1-35-25-10-9-22-15-26-30-12-11-24-27(23(16-30)19-33(24)18-20-5-3-2-4-6-20)31(30,28(22)29(25)34)13-14-32(26)17-21-7-8-21;7-6-4-2-1-3-5-6;/h2-11,14-15,26,28,30,32-33H,12-13,16-24H2,1H3;2-6,9-10,21,23-24,26-27,34H,7-8,11-19H2,1H3;1-5H;. The Morgan fingerprint density at radius 3 is 1.43 bits per heavy atom. The maximum absolute atomic E-state index is 11.7. The summed E-state index contributed by atoms with van der Waals surface area (Å²) in [4.78, 5) is 11.6. The third-order valence-corrected chi connectivity index (χ3v) is 25.1. The molecule has 18 rings (SSSR count). The Labute approximate surface area is 518 Å². The van der Waals surface area contributed by atoms with Crippen molar-refractivity contribution in [1.29, 1.82) is 0 Å². The number of hydrogen-bond acceptors (Lipinski definition) is 8. The minimum Gasteiger partial charge on any atom is -0.504 e. The van der Waals surface area contributed by atoms with E-state index >= 15 is 0 Å². The summed E-state index contributed by atoms with van der Waals surface area (Å²) in [6, 6.07) is 54.1. The summed E-state index contributed by atoms with van der Waals surface area (Å²) in [5.74, 6) is 8.67. The molecule has 8 bridgehead atoms. The van der Waals surface area contributed by atoms with Gasteiger partial charge < -0.3 is 19.3 Å². The number of benzene rings is 6. The van der Waals surface area contributed by atoms with Crippen molar-refractivity contribution in [3.05, 3.63) is 183 Å². The first kappa shape index (κ1) is 55.9. The van der Waals surface area contributed by atoms with Gasteiger partial charge in [0.1, 0.15) is 5.75 Å². The van der Waals surface area contributed by atoms with E-state index in [1.165, 1.54) is 150 Å². The third-order valence-electron chi connectivity index (χ3n) is 24.5. The average molecular weight is 1240 g/mol. The van der Waals surface area contributed by atoms with Gasteiger partial charge in [0.25, 0.3) is 0 Å². The number of aromatic hydroxyl groups is 1. The van der Waals surface area contributed by atoms with Crippen LogP contribution in [0.3, 0.4) is 0 Å². The van der Waals surface area contributed by atoms with Gasteiger partial charge in [0.05, 0.1) is 14.2 Å². The van der Waals surface area contributed by atoms with Gasteiger partial charge in [-0.2, -0.15) is 0 Å². The predicted octanol–water partition coefficient (Wildman–Crippen LogP) is 14.5. The van der Waals surface area contributed by atoms with E-state index in [2.05, 4.69) is 145 Å². The Kier molecular flexibility index (Phi) is 14.6. The van der Waals surface area contributed by atoms with Crippen molar-refractivity contribution < 1.29 is 36.4 Å². The quantitative estimate of drug-likeness (QED) is 0.122. The SMILES string of the molecule is Brc1ccccc1.COc1ccc2c(c1O)C13CCN(CC4CC4)C(C2)C12CCC1C3C(CN1Cc1ccccc1)C2.COc1ccc2c(c1Oc1ccccc1)C13CCN(CC4CC4)C(C2)C12CCC1C3C(CN1Cc1ccccc1)C2.[Cu]. The molecule has 8 aliphatic carbocycles. The second-order valence-corrected chi connectivity index (χ2v) is 29.0. The second kappa shape index (κ2) is 21.9. The van der Waals surface area contributed by atoms with Gasteiger partial charge in [-0.15, -0.1) is 0 Å². The van der Waals surface area contributed by atoms with Crippen molar-refractivity contribution in [1.82, 2.24) is 19.6 Å². The van der Waals surface area contributed by atoms with Crippen LogP contribution in [0, 0.1) is 46.3 Å². The number of phenolic OH excluding ortho intramolecular Hbond substituents is 1. The number of nitrogens with zero attached hydrogens (tertiary/aromatic N) is 4. The van der Waals surface area contributed by atoms with Crippen molar-refractivity contribution >= 4 is 15.9 Å². The Morgan fingerprint density at radius 1 is 0.512 bits per heavy atom. The number of piperidine rings is 2. The molecule has 1 N–H and O–H groups in total. The van der Waals surface area contributed by atoms with E-state index in [9.17, 15) is 5.11 Å². The van der Waals surface area contributed by atoms with Gasteiger partial charge in [-0.3, -0.25) is 19.6 Å². The van der Waals surface area contributed by atoms with Crippen LogP contribution in [0.2, 0.25) is 0 Å². The molecule has 6 aromatic carbocycles. The number of halogens is 1. The topological polar surface area (TPSA) is 60.9 Å². The summed E-state index contributed by atoms with van der Waals surface area (Å²) >= 11 is 3.31. The molecule has 8 nitrogen and oxygen atoms in total. The molecule has 12 atom stereocenters. The Bertz CT molecular complexity index is 3350. The van der Waals surface area contributed by atoms with Crippen LogP contribution >= 0.6 is 15.9 Å². The summed E-state index contributed by atoms with van der Waals surface area (Å²) in [6.07, 6.45) is 18.5. The number of phenols is 1. The first-order chi connectivity index (χ1) is 40.7. The van der Waals surface area contributed by atoms with Crippen molar-refractivity contribution in [3.8, 4) is 28.7 Å². The van der Waals surface area contributed by atoms with Crippen LogP contribution in [0.1, 0.15) is 110 Å². The predicted molar refractivity (Wildman–Crippen MR) is 332 cm³/mol. The first-order valence-electron chi connectivity index (χ1n) is 32.3. The van der Waals surface area contributed by atoms with Crippen LogP contribution < -0.4 is 14.2 Å². The molecule has 4 heterocycles. The number of fused-ring (bicyclic) bond motifs is 2. The number of likely N-dealkylation sites (tertiary alicyclic amines) is 4. The fourth-order valence-electron chi connectivity index (χ4n) is 21.7. The van der Waals surface area contributed by atoms with Crippen molar-refractivity contribution in [2.45, 2.75) is 138 Å². The third kappa shape index (κ3) is 8.73. The molecule has 12 aliphatic rings. The number of hydrogen-bond donors (Lipinski definition) is 1. The van der Waals surface area contributed by atoms with Crippen LogP contribution in [0.15, 0.2) is 150 Å². The maximum Gasteiger partial charge on any atom is 0.173 e. The van der Waals surface area contributed by atoms with Gasteiger partial charge in [0.15, 0.2) is 23.0 Å². The maximum atomic E-state index is 11.7. The number of para-hydroxylation sites is 1. The largest absolute Gasteiger partial charge is 0.504 e. The molecule has 1 radical (unpaired) electrons. The smallest absolute Gasteiger partial charge is 0.173 e. The summed E-state index contributed by atoms with van der Waals surface area (Å²) in [5, 5.41) is 11.7. The van der Waals surface area contributed by atoms with Crippen LogP contribution in [0.5, 0.6) is 28.7 Å². The number of rotatable bonds is 12. The Morgan fingerprint density at radius 2 is 0.964 bits per heavy atom.